The minimum Gasteiger partial charge on any atom is -0.497 e. The predicted molar refractivity (Wildman–Crippen MR) is 120 cm³/mol. The van der Waals surface area contributed by atoms with Crippen molar-refractivity contribution in [2.75, 3.05) is 7.11 Å². The third-order valence-electron chi connectivity index (χ3n) is 6.48. The summed E-state index contributed by atoms with van der Waals surface area (Å²) in [7, 11) is 1.54. The highest BCUT2D eigenvalue weighted by molar-refractivity contribution is 6.05. The number of nitrogens with one attached hydrogen (secondary N) is 1. The topological polar surface area (TPSA) is 95.6 Å². The fourth-order valence-corrected chi connectivity index (χ4v) is 4.56. The van der Waals surface area contributed by atoms with Crippen molar-refractivity contribution in [3.8, 4) is 17.0 Å². The molecule has 1 saturated heterocycles. The molecule has 3 aromatic rings. The van der Waals surface area contributed by atoms with Gasteiger partial charge < -0.3 is 9.64 Å². The number of methoxy groups -OCH3 is 1. The zero-order chi connectivity index (χ0) is 25.6. The van der Waals surface area contributed by atoms with Gasteiger partial charge in [-0.3, -0.25) is 24.4 Å². The molecular formula is C25H21F3N4O4. The highest BCUT2D eigenvalue weighted by Crippen LogP contribution is 2.34. The van der Waals surface area contributed by atoms with Crippen molar-refractivity contribution in [2.24, 2.45) is 0 Å². The molecule has 0 saturated carbocycles. The standard InChI is InChI=1S/C25H21F3N4O4/c1-36-17-5-2-14(3-6-17)12-32-22(33)9-8-20(24(32)35)31-13-16-10-15(4-7-18(16)23(31)34)19-11-21(30-29-19)25(26,27)28/h2-7,10-11,20H,8-9,12-13H2,1H3,(H,29,30). The number of likely N-dealkylation sites (tertiary alicyclic amines) is 1. The number of imide groups is 1. The summed E-state index contributed by atoms with van der Waals surface area (Å²) in [6, 6.07) is 11.8. The summed E-state index contributed by atoms with van der Waals surface area (Å²) in [5.41, 5.74) is 1.25. The molecule has 1 N–H and O–H groups in total. The number of ether oxygens (including phenoxy) is 1. The molecular weight excluding hydrogens is 477 g/mol. The maximum absolute atomic E-state index is 13.3. The Balaban J connectivity index is 1.35. The normalized spacial score (nSPS) is 18.1. The Kier molecular flexibility index (Phi) is 5.77. The molecule has 8 nitrogen and oxygen atoms in total. The van der Waals surface area contributed by atoms with Crippen LogP contribution in [0.1, 0.15) is 40.0 Å². The zero-order valence-electron chi connectivity index (χ0n) is 19.1. The number of nitrogens with zero attached hydrogens (tertiary/aromatic N) is 3. The predicted octanol–water partition coefficient (Wildman–Crippen LogP) is 3.78. The molecule has 186 valence electrons. The van der Waals surface area contributed by atoms with Crippen molar-refractivity contribution in [3.05, 3.63) is 70.9 Å². The number of alkyl halides is 3. The van der Waals surface area contributed by atoms with E-state index in [1.54, 1.807) is 37.4 Å². The largest absolute Gasteiger partial charge is 0.497 e. The van der Waals surface area contributed by atoms with E-state index in [4.69, 9.17) is 4.74 Å². The fourth-order valence-electron chi connectivity index (χ4n) is 4.56. The lowest BCUT2D eigenvalue weighted by Gasteiger charge is -2.35. The average Bonchev–Trinajstić information content (AvgIpc) is 3.48. The molecule has 5 rings (SSSR count). The number of H-pyrrole nitrogens is 1. The van der Waals surface area contributed by atoms with Gasteiger partial charge in [-0.05, 0) is 47.9 Å². The first-order valence-electron chi connectivity index (χ1n) is 11.2. The van der Waals surface area contributed by atoms with Crippen LogP contribution >= 0.6 is 0 Å². The van der Waals surface area contributed by atoms with Crippen molar-refractivity contribution in [1.29, 1.82) is 0 Å². The molecule has 3 heterocycles. The summed E-state index contributed by atoms with van der Waals surface area (Å²) in [6.07, 6.45) is -4.23. The first kappa shape index (κ1) is 23.6. The molecule has 0 spiro atoms. The lowest BCUT2D eigenvalue weighted by Crippen LogP contribution is -2.54. The second kappa shape index (κ2) is 8.81. The van der Waals surface area contributed by atoms with Crippen LogP contribution in [-0.4, -0.2) is 50.9 Å². The Hall–Kier alpha value is -4.15. The smallest absolute Gasteiger partial charge is 0.432 e. The van der Waals surface area contributed by atoms with Crippen LogP contribution < -0.4 is 4.74 Å². The van der Waals surface area contributed by atoms with Gasteiger partial charge in [0.1, 0.15) is 17.5 Å². The molecule has 1 aromatic heterocycles. The van der Waals surface area contributed by atoms with Gasteiger partial charge in [-0.25, -0.2) is 0 Å². The van der Waals surface area contributed by atoms with Gasteiger partial charge in [0.2, 0.25) is 5.91 Å². The van der Waals surface area contributed by atoms with Gasteiger partial charge in [0.15, 0.2) is 0 Å². The summed E-state index contributed by atoms with van der Waals surface area (Å²) in [4.78, 5) is 41.6. The molecule has 2 aliphatic heterocycles. The minimum atomic E-state index is -4.55. The quantitative estimate of drug-likeness (QED) is 0.541. The number of carbonyl (C=O) groups excluding carboxylic acids is 3. The summed E-state index contributed by atoms with van der Waals surface area (Å²) in [5, 5.41) is 5.72. The lowest BCUT2D eigenvalue weighted by molar-refractivity contribution is -0.153. The molecule has 0 radical (unpaired) electrons. The van der Waals surface area contributed by atoms with Crippen molar-refractivity contribution in [1.82, 2.24) is 20.0 Å². The van der Waals surface area contributed by atoms with E-state index in [0.29, 0.717) is 22.4 Å². The highest BCUT2D eigenvalue weighted by atomic mass is 19.4. The van der Waals surface area contributed by atoms with Crippen LogP contribution in [-0.2, 0) is 28.9 Å². The summed E-state index contributed by atoms with van der Waals surface area (Å²) in [5.74, 6) is -0.466. The molecule has 0 bridgehead atoms. The second-order valence-corrected chi connectivity index (χ2v) is 8.69. The van der Waals surface area contributed by atoms with E-state index in [2.05, 4.69) is 5.10 Å². The van der Waals surface area contributed by atoms with Gasteiger partial charge in [0.05, 0.1) is 19.3 Å². The first-order chi connectivity index (χ1) is 17.2. The van der Waals surface area contributed by atoms with E-state index in [9.17, 15) is 27.6 Å². The number of rotatable bonds is 5. The fraction of sp³-hybridized carbons (Fsp3) is 0.280. The van der Waals surface area contributed by atoms with Crippen LogP contribution in [0.15, 0.2) is 48.5 Å². The molecule has 2 aromatic carbocycles. The monoisotopic (exact) mass is 498 g/mol. The van der Waals surface area contributed by atoms with Crippen molar-refractivity contribution < 1.29 is 32.3 Å². The number of piperidine rings is 1. The number of halogens is 3. The molecule has 11 heteroatoms. The third kappa shape index (κ3) is 4.21. The van der Waals surface area contributed by atoms with Gasteiger partial charge in [0.25, 0.3) is 11.8 Å². The van der Waals surface area contributed by atoms with Crippen molar-refractivity contribution in [2.45, 2.75) is 38.1 Å². The molecule has 3 amide bonds. The maximum Gasteiger partial charge on any atom is 0.432 e. The number of aromatic nitrogens is 2. The number of amides is 3. The van der Waals surface area contributed by atoms with Crippen molar-refractivity contribution >= 4 is 17.7 Å². The molecule has 1 fully saturated rings. The Morgan fingerprint density at radius 2 is 1.83 bits per heavy atom. The van der Waals surface area contributed by atoms with Crippen LogP contribution in [0.25, 0.3) is 11.3 Å². The van der Waals surface area contributed by atoms with E-state index >= 15 is 0 Å². The maximum atomic E-state index is 13.3. The Bertz CT molecular complexity index is 1350. The van der Waals surface area contributed by atoms with Gasteiger partial charge in [-0.1, -0.05) is 18.2 Å². The first-order valence-corrected chi connectivity index (χ1v) is 11.2. The molecule has 2 aliphatic rings. The number of hydrogen-bond acceptors (Lipinski definition) is 5. The van der Waals surface area contributed by atoms with Crippen LogP contribution in [0, 0.1) is 0 Å². The molecule has 1 unspecified atom stereocenters. The number of fused-ring (bicyclic) bond motifs is 1. The average molecular weight is 498 g/mol. The minimum absolute atomic E-state index is 0.0813. The highest BCUT2D eigenvalue weighted by Gasteiger charge is 2.42. The Morgan fingerprint density at radius 3 is 2.50 bits per heavy atom. The van der Waals surface area contributed by atoms with Gasteiger partial charge in [-0.15, -0.1) is 0 Å². The molecule has 36 heavy (non-hydrogen) atoms. The summed E-state index contributed by atoms with van der Waals surface area (Å²) in [6.45, 7) is 0.192. The van der Waals surface area contributed by atoms with E-state index in [0.717, 1.165) is 11.6 Å². The number of aromatic amines is 1. The van der Waals surface area contributed by atoms with Crippen LogP contribution in [0.5, 0.6) is 5.75 Å². The summed E-state index contributed by atoms with van der Waals surface area (Å²) < 4.78 is 43.9. The van der Waals surface area contributed by atoms with E-state index in [1.807, 2.05) is 5.10 Å². The van der Waals surface area contributed by atoms with Crippen LogP contribution in [0.4, 0.5) is 13.2 Å². The third-order valence-corrected chi connectivity index (χ3v) is 6.48. The number of benzene rings is 2. The van der Waals surface area contributed by atoms with Gasteiger partial charge >= 0.3 is 6.18 Å². The van der Waals surface area contributed by atoms with E-state index in [1.165, 1.54) is 21.9 Å². The molecule has 1 atom stereocenters. The SMILES string of the molecule is COc1ccc(CN2C(=O)CCC(N3Cc4cc(-c5cc(C(F)(F)F)[nH]n5)ccc4C3=O)C2=O)cc1. The Labute approximate surface area is 203 Å². The molecule has 0 aliphatic carbocycles. The number of carbonyl (C=O) groups is 3. The zero-order valence-corrected chi connectivity index (χ0v) is 19.1. The van der Waals surface area contributed by atoms with Crippen LogP contribution in [0.3, 0.4) is 0 Å². The van der Waals surface area contributed by atoms with Crippen LogP contribution in [0.2, 0.25) is 0 Å². The Morgan fingerprint density at radius 1 is 1.08 bits per heavy atom. The second-order valence-electron chi connectivity index (χ2n) is 8.69. The number of hydrogen-bond donors (Lipinski definition) is 1. The van der Waals surface area contributed by atoms with E-state index in [-0.39, 0.29) is 43.4 Å². The van der Waals surface area contributed by atoms with E-state index < -0.39 is 23.8 Å². The van der Waals surface area contributed by atoms with Gasteiger partial charge in [-0.2, -0.15) is 18.3 Å². The lowest BCUT2D eigenvalue weighted by atomic mass is 10.0. The summed E-state index contributed by atoms with van der Waals surface area (Å²) >= 11 is 0. The van der Waals surface area contributed by atoms with Gasteiger partial charge in [0, 0.05) is 24.1 Å². The van der Waals surface area contributed by atoms with Crippen molar-refractivity contribution in [3.63, 3.8) is 0 Å².